The average Bonchev–Trinajstić information content (AvgIpc) is 2.42. The molecule has 0 saturated carbocycles. The van der Waals surface area contributed by atoms with Gasteiger partial charge in [-0.25, -0.2) is 0 Å². The van der Waals surface area contributed by atoms with Crippen LogP contribution < -0.4 is 10.6 Å². The van der Waals surface area contributed by atoms with Crippen molar-refractivity contribution < 1.29 is 14.7 Å². The first-order chi connectivity index (χ1) is 9.40. The van der Waals surface area contributed by atoms with E-state index in [2.05, 4.69) is 26.6 Å². The minimum absolute atomic E-state index is 0.0765. The number of benzene rings is 1. The van der Waals surface area contributed by atoms with Gasteiger partial charge >= 0.3 is 0 Å². The van der Waals surface area contributed by atoms with Gasteiger partial charge in [0.15, 0.2) is 0 Å². The van der Waals surface area contributed by atoms with Gasteiger partial charge in [-0.3, -0.25) is 9.59 Å². The van der Waals surface area contributed by atoms with Crippen molar-refractivity contribution in [1.29, 1.82) is 0 Å². The number of hydrogen-bond donors (Lipinski definition) is 3. The molecule has 3 N–H and O–H groups in total. The molecular weight excluding hydrogens is 324 g/mol. The molecule has 1 aromatic rings. The number of aliphatic hydroxyl groups excluding tert-OH is 1. The molecule has 110 valence electrons. The molecule has 0 bridgehead atoms. The Morgan fingerprint density at radius 3 is 2.35 bits per heavy atom. The lowest BCUT2D eigenvalue weighted by molar-refractivity contribution is -0.120. The summed E-state index contributed by atoms with van der Waals surface area (Å²) in [5, 5.41) is 14.6. The predicted molar refractivity (Wildman–Crippen MR) is 80.3 cm³/mol. The number of carbonyl (C=O) groups excluding carboxylic acids is 2. The van der Waals surface area contributed by atoms with Crippen molar-refractivity contribution in [3.05, 3.63) is 34.3 Å². The van der Waals surface area contributed by atoms with E-state index in [-0.39, 0.29) is 30.8 Å². The first-order valence-corrected chi connectivity index (χ1v) is 7.18. The number of rotatable bonds is 6. The largest absolute Gasteiger partial charge is 0.391 e. The molecule has 0 aliphatic heterocycles. The van der Waals surface area contributed by atoms with E-state index in [0.29, 0.717) is 5.56 Å². The molecular formula is C14H19BrN2O3. The zero-order valence-electron chi connectivity index (χ0n) is 11.5. The van der Waals surface area contributed by atoms with Crippen LogP contribution in [0.25, 0.3) is 0 Å². The number of amides is 2. The van der Waals surface area contributed by atoms with E-state index in [1.165, 1.54) is 0 Å². The molecule has 0 aromatic heterocycles. The Kier molecular flexibility index (Phi) is 6.67. The van der Waals surface area contributed by atoms with Crippen LogP contribution in [0.1, 0.15) is 24.2 Å². The van der Waals surface area contributed by atoms with Crippen LogP contribution >= 0.6 is 15.9 Å². The topological polar surface area (TPSA) is 78.4 Å². The number of halogens is 1. The van der Waals surface area contributed by atoms with Crippen molar-refractivity contribution in [3.63, 3.8) is 0 Å². The Morgan fingerprint density at radius 1 is 1.20 bits per heavy atom. The van der Waals surface area contributed by atoms with Crippen molar-refractivity contribution in [2.45, 2.75) is 20.0 Å². The number of carbonyl (C=O) groups is 2. The zero-order chi connectivity index (χ0) is 15.1. The van der Waals surface area contributed by atoms with Gasteiger partial charge in [0.05, 0.1) is 12.6 Å². The lowest BCUT2D eigenvalue weighted by atomic mass is 10.1. The monoisotopic (exact) mass is 342 g/mol. The van der Waals surface area contributed by atoms with Gasteiger partial charge in [0, 0.05) is 16.6 Å². The molecule has 0 saturated heterocycles. The summed E-state index contributed by atoms with van der Waals surface area (Å²) < 4.78 is 0.884. The third-order valence-corrected chi connectivity index (χ3v) is 3.32. The highest BCUT2D eigenvalue weighted by Gasteiger charge is 2.11. The summed E-state index contributed by atoms with van der Waals surface area (Å²) in [7, 11) is 0. The first-order valence-electron chi connectivity index (χ1n) is 6.38. The van der Waals surface area contributed by atoms with Gasteiger partial charge in [-0.05, 0) is 30.2 Å². The SMILES string of the molecule is CC(C)[C@@H](O)CNC(=O)CNC(=O)c1ccc(Br)cc1. The summed E-state index contributed by atoms with van der Waals surface area (Å²) in [4.78, 5) is 23.3. The molecule has 2 amide bonds. The molecule has 0 radical (unpaired) electrons. The molecule has 6 heteroatoms. The maximum Gasteiger partial charge on any atom is 0.251 e. The second kappa shape index (κ2) is 8.01. The first kappa shape index (κ1) is 16.7. The van der Waals surface area contributed by atoms with Crippen LogP contribution in [-0.2, 0) is 4.79 Å². The molecule has 1 aromatic carbocycles. The van der Waals surface area contributed by atoms with Gasteiger partial charge in [-0.15, -0.1) is 0 Å². The Balaban J connectivity index is 2.34. The normalized spacial score (nSPS) is 12.1. The molecule has 5 nitrogen and oxygen atoms in total. The Hall–Kier alpha value is -1.40. The summed E-state index contributed by atoms with van der Waals surface area (Å²) in [6.45, 7) is 3.81. The van der Waals surface area contributed by atoms with E-state index >= 15 is 0 Å². The second-order valence-electron chi connectivity index (χ2n) is 4.81. The van der Waals surface area contributed by atoms with Crippen LogP contribution in [0.5, 0.6) is 0 Å². The van der Waals surface area contributed by atoms with Crippen LogP contribution in [-0.4, -0.2) is 36.1 Å². The summed E-state index contributed by atoms with van der Waals surface area (Å²) in [5.74, 6) is -0.556. The van der Waals surface area contributed by atoms with Crippen LogP contribution in [0.4, 0.5) is 0 Å². The molecule has 1 rings (SSSR count). The lowest BCUT2D eigenvalue weighted by Gasteiger charge is -2.15. The fraction of sp³-hybridized carbons (Fsp3) is 0.429. The highest BCUT2D eigenvalue weighted by atomic mass is 79.9. The van der Waals surface area contributed by atoms with Crippen molar-refractivity contribution in [2.75, 3.05) is 13.1 Å². The summed E-state index contributed by atoms with van der Waals surface area (Å²) in [6.07, 6.45) is -0.582. The number of nitrogens with one attached hydrogen (secondary N) is 2. The molecule has 0 aliphatic rings. The summed E-state index contributed by atoms with van der Waals surface area (Å²) in [6, 6.07) is 6.85. The Bertz CT molecular complexity index is 460. The van der Waals surface area contributed by atoms with Crippen molar-refractivity contribution in [3.8, 4) is 0 Å². The predicted octanol–water partition coefficient (Wildman–Crippen LogP) is 1.31. The van der Waals surface area contributed by atoms with Crippen LogP contribution in [0, 0.1) is 5.92 Å². The van der Waals surface area contributed by atoms with Crippen LogP contribution in [0.2, 0.25) is 0 Å². The second-order valence-corrected chi connectivity index (χ2v) is 5.72. The maximum atomic E-state index is 11.8. The average molecular weight is 343 g/mol. The maximum absolute atomic E-state index is 11.8. The minimum Gasteiger partial charge on any atom is -0.391 e. The van der Waals surface area contributed by atoms with Crippen molar-refractivity contribution in [2.24, 2.45) is 5.92 Å². The molecule has 0 spiro atoms. The van der Waals surface area contributed by atoms with E-state index in [1.54, 1.807) is 24.3 Å². The lowest BCUT2D eigenvalue weighted by Crippen LogP contribution is -2.41. The van der Waals surface area contributed by atoms with Crippen molar-refractivity contribution in [1.82, 2.24) is 10.6 Å². The van der Waals surface area contributed by atoms with E-state index < -0.39 is 6.10 Å². The molecule has 0 heterocycles. The van der Waals surface area contributed by atoms with Gasteiger partial charge in [-0.1, -0.05) is 29.8 Å². The smallest absolute Gasteiger partial charge is 0.251 e. The molecule has 0 unspecified atom stereocenters. The van der Waals surface area contributed by atoms with Gasteiger partial charge in [0.25, 0.3) is 5.91 Å². The Labute approximate surface area is 126 Å². The fourth-order valence-corrected chi connectivity index (χ4v) is 1.64. The molecule has 0 fully saturated rings. The van der Waals surface area contributed by atoms with E-state index in [0.717, 1.165) is 4.47 Å². The highest BCUT2D eigenvalue weighted by molar-refractivity contribution is 9.10. The number of hydrogen-bond acceptors (Lipinski definition) is 3. The standard InChI is InChI=1S/C14H19BrN2O3/c1-9(2)12(18)7-16-13(19)8-17-14(20)10-3-5-11(15)6-4-10/h3-6,9,12,18H,7-8H2,1-2H3,(H,16,19)(H,17,20)/t12-/m0/s1. The number of aliphatic hydroxyl groups is 1. The zero-order valence-corrected chi connectivity index (χ0v) is 13.1. The Morgan fingerprint density at radius 2 is 1.80 bits per heavy atom. The van der Waals surface area contributed by atoms with Gasteiger partial charge in [0.1, 0.15) is 0 Å². The minimum atomic E-state index is -0.582. The van der Waals surface area contributed by atoms with E-state index in [4.69, 9.17) is 0 Å². The van der Waals surface area contributed by atoms with Crippen LogP contribution in [0.15, 0.2) is 28.7 Å². The van der Waals surface area contributed by atoms with Gasteiger partial charge in [0.2, 0.25) is 5.91 Å². The van der Waals surface area contributed by atoms with Crippen LogP contribution in [0.3, 0.4) is 0 Å². The van der Waals surface area contributed by atoms with E-state index in [1.807, 2.05) is 13.8 Å². The van der Waals surface area contributed by atoms with E-state index in [9.17, 15) is 14.7 Å². The summed E-state index contributed by atoms with van der Waals surface area (Å²) in [5.41, 5.74) is 0.489. The molecule has 1 atom stereocenters. The molecule has 0 aliphatic carbocycles. The van der Waals surface area contributed by atoms with Gasteiger partial charge < -0.3 is 15.7 Å². The molecule has 20 heavy (non-hydrogen) atoms. The van der Waals surface area contributed by atoms with Crippen molar-refractivity contribution >= 4 is 27.7 Å². The third-order valence-electron chi connectivity index (χ3n) is 2.79. The third kappa shape index (κ3) is 5.71. The quantitative estimate of drug-likeness (QED) is 0.729. The highest BCUT2D eigenvalue weighted by Crippen LogP contribution is 2.10. The summed E-state index contributed by atoms with van der Waals surface area (Å²) >= 11 is 3.28. The van der Waals surface area contributed by atoms with Gasteiger partial charge in [-0.2, -0.15) is 0 Å². The fourth-order valence-electron chi connectivity index (χ4n) is 1.38.